The van der Waals surface area contributed by atoms with Crippen LogP contribution in [0.5, 0.6) is 5.75 Å². The third-order valence-electron chi connectivity index (χ3n) is 5.53. The van der Waals surface area contributed by atoms with Crippen LogP contribution >= 0.6 is 11.3 Å². The van der Waals surface area contributed by atoms with Gasteiger partial charge in [0.1, 0.15) is 5.75 Å². The normalized spacial score (nSPS) is 13.3. The van der Waals surface area contributed by atoms with Crippen molar-refractivity contribution in [2.24, 2.45) is 5.41 Å². The minimum absolute atomic E-state index is 0.00858. The molecule has 0 atom stereocenters. The predicted molar refractivity (Wildman–Crippen MR) is 131 cm³/mol. The van der Waals surface area contributed by atoms with Crippen LogP contribution in [0, 0.1) is 5.41 Å². The van der Waals surface area contributed by atoms with E-state index in [1.54, 1.807) is 4.90 Å². The number of hydrogen-bond acceptors (Lipinski definition) is 6. The van der Waals surface area contributed by atoms with E-state index < -0.39 is 0 Å². The Hall–Kier alpha value is -2.71. The van der Waals surface area contributed by atoms with Crippen LogP contribution in [-0.4, -0.2) is 56.5 Å². The van der Waals surface area contributed by atoms with Crippen molar-refractivity contribution < 1.29 is 14.6 Å². The smallest absolute Gasteiger partial charge is 0.283 e. The number of benzene rings is 1. The van der Waals surface area contributed by atoms with E-state index in [1.807, 2.05) is 36.9 Å². The summed E-state index contributed by atoms with van der Waals surface area (Å²) in [5, 5.41) is 14.3. The molecule has 1 aliphatic rings. The average Bonchev–Trinajstić information content (AvgIpc) is 3.34. The summed E-state index contributed by atoms with van der Waals surface area (Å²) >= 11 is 1.42. The largest absolute Gasteiger partial charge is 0.492 e. The van der Waals surface area contributed by atoms with E-state index in [-0.39, 0.29) is 24.0 Å². The molecule has 4 rings (SSSR count). The number of carbonyl (C=O) groups is 1. The van der Waals surface area contributed by atoms with E-state index >= 15 is 0 Å². The van der Waals surface area contributed by atoms with Gasteiger partial charge in [0.2, 0.25) is 0 Å². The van der Waals surface area contributed by atoms with Gasteiger partial charge in [-0.2, -0.15) is 5.10 Å². The maximum absolute atomic E-state index is 13.1. The lowest BCUT2D eigenvalue weighted by Gasteiger charge is -2.24. The Kier molecular flexibility index (Phi) is 6.59. The van der Waals surface area contributed by atoms with Gasteiger partial charge in [-0.3, -0.25) is 9.48 Å². The first-order valence-electron chi connectivity index (χ1n) is 11.4. The molecule has 0 fully saturated rings. The predicted octanol–water partition coefficient (Wildman–Crippen LogP) is 4.50. The highest BCUT2D eigenvalue weighted by atomic mass is 32.1. The number of aromatic nitrogens is 3. The lowest BCUT2D eigenvalue weighted by molar-refractivity contribution is 0.0665. The minimum Gasteiger partial charge on any atom is -0.492 e. The van der Waals surface area contributed by atoms with E-state index in [0.29, 0.717) is 24.6 Å². The van der Waals surface area contributed by atoms with Gasteiger partial charge in [-0.05, 0) is 37.0 Å². The second-order valence-corrected chi connectivity index (χ2v) is 11.0. The SMILES string of the molecule is CC(C)N(CCO)C(=O)c1nc2c(s1)CCOc1cc(-c3cnn(CC(C)(C)C)c3)ccc1-2. The molecule has 0 spiro atoms. The zero-order valence-electron chi connectivity index (χ0n) is 20.0. The molecule has 1 aromatic carbocycles. The molecule has 2 aromatic heterocycles. The van der Waals surface area contributed by atoms with Gasteiger partial charge in [-0.15, -0.1) is 11.3 Å². The number of aliphatic hydroxyl groups is 1. The van der Waals surface area contributed by atoms with Crippen molar-refractivity contribution in [3.05, 3.63) is 40.5 Å². The van der Waals surface area contributed by atoms with Gasteiger partial charge in [0.15, 0.2) is 5.01 Å². The number of thiazole rings is 1. The van der Waals surface area contributed by atoms with E-state index in [4.69, 9.17) is 9.72 Å². The molecular weight excluding hydrogens is 436 g/mol. The molecule has 3 aromatic rings. The van der Waals surface area contributed by atoms with Crippen molar-refractivity contribution in [1.29, 1.82) is 0 Å². The number of amides is 1. The van der Waals surface area contributed by atoms with E-state index in [9.17, 15) is 9.90 Å². The zero-order valence-corrected chi connectivity index (χ0v) is 20.8. The van der Waals surface area contributed by atoms with E-state index in [2.05, 4.69) is 38.1 Å². The van der Waals surface area contributed by atoms with E-state index in [0.717, 1.165) is 39.6 Å². The Morgan fingerprint density at radius 1 is 1.30 bits per heavy atom. The van der Waals surface area contributed by atoms with Gasteiger partial charge in [-0.1, -0.05) is 26.8 Å². The Labute approximate surface area is 199 Å². The number of ether oxygens (including phenoxy) is 1. The molecule has 1 amide bonds. The lowest BCUT2D eigenvalue weighted by Crippen LogP contribution is -2.38. The first-order chi connectivity index (χ1) is 15.7. The Balaban J connectivity index is 1.65. The molecule has 0 radical (unpaired) electrons. The summed E-state index contributed by atoms with van der Waals surface area (Å²) in [7, 11) is 0. The van der Waals surface area contributed by atoms with Crippen molar-refractivity contribution >= 4 is 17.2 Å². The third kappa shape index (κ3) is 5.12. The number of fused-ring (bicyclic) bond motifs is 3. The van der Waals surface area contributed by atoms with Crippen LogP contribution in [0.1, 0.15) is 49.3 Å². The highest BCUT2D eigenvalue weighted by Crippen LogP contribution is 2.40. The minimum atomic E-state index is -0.137. The van der Waals surface area contributed by atoms with Gasteiger partial charge in [0.25, 0.3) is 5.91 Å². The summed E-state index contributed by atoms with van der Waals surface area (Å²) in [6.45, 7) is 12.1. The molecule has 0 saturated carbocycles. The van der Waals surface area contributed by atoms with Crippen LogP contribution in [0.25, 0.3) is 22.4 Å². The van der Waals surface area contributed by atoms with Crippen LogP contribution in [0.3, 0.4) is 0 Å². The zero-order chi connectivity index (χ0) is 23.8. The van der Waals surface area contributed by atoms with Crippen LogP contribution in [-0.2, 0) is 13.0 Å². The maximum atomic E-state index is 13.1. The fourth-order valence-corrected chi connectivity index (χ4v) is 5.02. The number of nitrogens with zero attached hydrogens (tertiary/aromatic N) is 4. The molecule has 33 heavy (non-hydrogen) atoms. The summed E-state index contributed by atoms with van der Waals surface area (Å²) in [4.78, 5) is 20.5. The van der Waals surface area contributed by atoms with E-state index in [1.165, 1.54) is 11.3 Å². The number of hydrogen-bond donors (Lipinski definition) is 1. The number of aliphatic hydroxyl groups excluding tert-OH is 1. The quantitative estimate of drug-likeness (QED) is 0.576. The Bertz CT molecular complexity index is 1140. The van der Waals surface area contributed by atoms with Crippen molar-refractivity contribution in [1.82, 2.24) is 19.7 Å². The average molecular weight is 469 g/mol. The second-order valence-electron chi connectivity index (χ2n) is 9.90. The van der Waals surface area contributed by atoms with Gasteiger partial charge < -0.3 is 14.7 Å². The molecule has 8 heteroatoms. The van der Waals surface area contributed by atoms with Crippen LogP contribution in [0.2, 0.25) is 0 Å². The van der Waals surface area contributed by atoms with Gasteiger partial charge in [0.05, 0.1) is 25.1 Å². The molecule has 0 saturated heterocycles. The van der Waals surface area contributed by atoms with Crippen molar-refractivity contribution in [3.63, 3.8) is 0 Å². The summed E-state index contributed by atoms with van der Waals surface area (Å²) in [5.41, 5.74) is 3.96. The molecule has 3 heterocycles. The summed E-state index contributed by atoms with van der Waals surface area (Å²) in [6.07, 6.45) is 4.66. The summed E-state index contributed by atoms with van der Waals surface area (Å²) in [5.74, 6) is 0.637. The highest BCUT2D eigenvalue weighted by molar-refractivity contribution is 7.14. The van der Waals surface area contributed by atoms with Crippen molar-refractivity contribution in [2.45, 2.75) is 53.6 Å². The molecular formula is C25H32N4O3S. The Morgan fingerprint density at radius 2 is 2.09 bits per heavy atom. The van der Waals surface area contributed by atoms with Crippen LogP contribution in [0.4, 0.5) is 0 Å². The van der Waals surface area contributed by atoms with Gasteiger partial charge >= 0.3 is 0 Å². The summed E-state index contributed by atoms with van der Waals surface area (Å²) < 4.78 is 8.05. The number of carbonyl (C=O) groups excluding carboxylic acids is 1. The summed E-state index contributed by atoms with van der Waals surface area (Å²) in [6, 6.07) is 6.11. The molecule has 0 aliphatic carbocycles. The van der Waals surface area contributed by atoms with Gasteiger partial charge in [-0.25, -0.2) is 4.98 Å². The van der Waals surface area contributed by atoms with Crippen LogP contribution < -0.4 is 4.74 Å². The topological polar surface area (TPSA) is 80.5 Å². The first kappa shape index (κ1) is 23.4. The molecule has 0 unspecified atom stereocenters. The molecule has 0 bridgehead atoms. The lowest BCUT2D eigenvalue weighted by atomic mass is 9.97. The second kappa shape index (κ2) is 9.27. The fraction of sp³-hybridized carbons (Fsp3) is 0.480. The van der Waals surface area contributed by atoms with Crippen LogP contribution in [0.15, 0.2) is 30.6 Å². The molecule has 7 nitrogen and oxygen atoms in total. The standard InChI is InChI=1S/C25H32N4O3S/c1-16(2)29(9-10-30)24(31)23-27-22-19-7-6-17(12-20(19)32-11-8-21(22)33-23)18-13-26-28(14-18)15-25(3,4)5/h6-7,12-14,16,30H,8-11,15H2,1-5H3. The molecule has 176 valence electrons. The Morgan fingerprint density at radius 3 is 2.79 bits per heavy atom. The van der Waals surface area contributed by atoms with Crippen molar-refractivity contribution in [3.8, 4) is 28.1 Å². The molecule has 1 aliphatic heterocycles. The monoisotopic (exact) mass is 468 g/mol. The maximum Gasteiger partial charge on any atom is 0.283 e. The highest BCUT2D eigenvalue weighted by Gasteiger charge is 2.27. The third-order valence-corrected chi connectivity index (χ3v) is 6.63. The molecule has 1 N–H and O–H groups in total. The first-order valence-corrected chi connectivity index (χ1v) is 12.2. The van der Waals surface area contributed by atoms with Gasteiger partial charge in [0, 0.05) is 47.8 Å². The van der Waals surface area contributed by atoms with Crippen molar-refractivity contribution in [2.75, 3.05) is 19.8 Å². The fourth-order valence-electron chi connectivity index (χ4n) is 4.00. The number of rotatable bonds is 6.